The Morgan fingerprint density at radius 1 is 1.64 bits per heavy atom. The van der Waals surface area contributed by atoms with Gasteiger partial charge in [0.25, 0.3) is 0 Å². The van der Waals surface area contributed by atoms with Crippen molar-refractivity contribution in [2.75, 3.05) is 13.1 Å². The highest BCUT2D eigenvalue weighted by Gasteiger charge is 2.46. The second-order valence-corrected chi connectivity index (χ2v) is 3.41. The van der Waals surface area contributed by atoms with Crippen molar-refractivity contribution in [2.45, 2.75) is 38.5 Å². The minimum absolute atomic E-state index is 0.556. The fourth-order valence-electron chi connectivity index (χ4n) is 1.33. The average molecular weight is 159 g/mol. The van der Waals surface area contributed by atoms with Crippen LogP contribution in [0, 0.1) is 0 Å². The lowest BCUT2D eigenvalue weighted by Gasteiger charge is -2.50. The molecule has 0 radical (unpaired) electrons. The fourth-order valence-corrected chi connectivity index (χ4v) is 1.33. The molecule has 2 atom stereocenters. The van der Waals surface area contributed by atoms with E-state index in [0.29, 0.717) is 6.54 Å². The first kappa shape index (κ1) is 8.97. The normalized spacial score (nSPS) is 38.7. The van der Waals surface area contributed by atoms with Crippen LogP contribution in [0.1, 0.15) is 26.7 Å². The van der Waals surface area contributed by atoms with Crippen molar-refractivity contribution >= 4 is 0 Å². The van der Waals surface area contributed by atoms with Crippen molar-refractivity contribution in [1.82, 2.24) is 4.90 Å². The Bertz CT molecular complexity index is 136. The molecular formula is C8H17NO2. The predicted octanol–water partition coefficient (Wildman–Crippen LogP) is 0.172. The standard InChI is InChI=1S/C8H17NO2/c1-3-4-5-9-6-7(10)8(9,2)11/h7,10-11H,3-6H2,1-2H3/t7-,8?/m0/s1. The summed E-state index contributed by atoms with van der Waals surface area (Å²) >= 11 is 0. The molecule has 0 aliphatic carbocycles. The zero-order valence-corrected chi connectivity index (χ0v) is 7.25. The van der Waals surface area contributed by atoms with E-state index < -0.39 is 11.8 Å². The van der Waals surface area contributed by atoms with Gasteiger partial charge in [-0.25, -0.2) is 0 Å². The summed E-state index contributed by atoms with van der Waals surface area (Å²) in [5.74, 6) is 0. The Kier molecular flexibility index (Phi) is 2.52. The van der Waals surface area contributed by atoms with E-state index in [4.69, 9.17) is 5.11 Å². The third-order valence-electron chi connectivity index (χ3n) is 2.45. The van der Waals surface area contributed by atoms with Gasteiger partial charge >= 0.3 is 0 Å². The maximum absolute atomic E-state index is 9.54. The molecule has 1 rings (SSSR count). The van der Waals surface area contributed by atoms with Crippen LogP contribution >= 0.6 is 0 Å². The van der Waals surface area contributed by atoms with Crippen molar-refractivity contribution in [1.29, 1.82) is 0 Å². The van der Waals surface area contributed by atoms with Crippen LogP contribution in [0.25, 0.3) is 0 Å². The molecule has 0 aromatic carbocycles. The summed E-state index contributed by atoms with van der Waals surface area (Å²) < 4.78 is 0. The van der Waals surface area contributed by atoms with Crippen LogP contribution in [-0.2, 0) is 0 Å². The molecule has 0 saturated carbocycles. The maximum Gasteiger partial charge on any atom is 0.143 e. The van der Waals surface area contributed by atoms with E-state index >= 15 is 0 Å². The first-order valence-electron chi connectivity index (χ1n) is 4.24. The number of β-amino-alcohol motifs (C(OH)–C–C–N with tert-alkyl or cyclic N) is 1. The Hall–Kier alpha value is -0.120. The van der Waals surface area contributed by atoms with Gasteiger partial charge in [0, 0.05) is 13.1 Å². The summed E-state index contributed by atoms with van der Waals surface area (Å²) in [7, 11) is 0. The lowest BCUT2D eigenvalue weighted by molar-refractivity contribution is -0.246. The third kappa shape index (κ3) is 1.55. The summed E-state index contributed by atoms with van der Waals surface area (Å²) in [6.45, 7) is 5.29. The van der Waals surface area contributed by atoms with Gasteiger partial charge in [-0.2, -0.15) is 0 Å². The topological polar surface area (TPSA) is 43.7 Å². The number of likely N-dealkylation sites (tertiary alicyclic amines) is 1. The molecule has 1 aliphatic heterocycles. The zero-order valence-electron chi connectivity index (χ0n) is 7.25. The van der Waals surface area contributed by atoms with Crippen LogP contribution in [-0.4, -0.2) is 40.0 Å². The monoisotopic (exact) mass is 159 g/mol. The molecule has 3 nitrogen and oxygen atoms in total. The summed E-state index contributed by atoms with van der Waals surface area (Å²) in [5, 5.41) is 18.7. The van der Waals surface area contributed by atoms with E-state index in [0.717, 1.165) is 19.4 Å². The molecule has 0 aromatic rings. The Morgan fingerprint density at radius 2 is 2.27 bits per heavy atom. The van der Waals surface area contributed by atoms with Crippen LogP contribution in [0.4, 0.5) is 0 Å². The highest BCUT2D eigenvalue weighted by Crippen LogP contribution is 2.27. The highest BCUT2D eigenvalue weighted by molar-refractivity contribution is 4.94. The van der Waals surface area contributed by atoms with Gasteiger partial charge in [0.05, 0.1) is 0 Å². The number of nitrogens with zero attached hydrogens (tertiary/aromatic N) is 1. The van der Waals surface area contributed by atoms with Crippen molar-refractivity contribution in [2.24, 2.45) is 0 Å². The van der Waals surface area contributed by atoms with Gasteiger partial charge in [-0.15, -0.1) is 0 Å². The van der Waals surface area contributed by atoms with E-state index in [1.165, 1.54) is 0 Å². The minimum atomic E-state index is -0.963. The van der Waals surface area contributed by atoms with Crippen molar-refractivity contribution in [3.8, 4) is 0 Å². The van der Waals surface area contributed by atoms with E-state index in [-0.39, 0.29) is 0 Å². The number of unbranched alkanes of at least 4 members (excludes halogenated alkanes) is 1. The van der Waals surface area contributed by atoms with Gasteiger partial charge < -0.3 is 10.2 Å². The minimum Gasteiger partial charge on any atom is -0.387 e. The first-order valence-corrected chi connectivity index (χ1v) is 4.24. The average Bonchev–Trinajstić information content (AvgIpc) is 1.97. The molecule has 11 heavy (non-hydrogen) atoms. The molecule has 1 aliphatic rings. The highest BCUT2D eigenvalue weighted by atomic mass is 16.4. The van der Waals surface area contributed by atoms with Gasteiger partial charge in [-0.3, -0.25) is 4.90 Å². The molecule has 1 heterocycles. The molecule has 0 bridgehead atoms. The van der Waals surface area contributed by atoms with Gasteiger partial charge in [0.1, 0.15) is 11.8 Å². The quantitative estimate of drug-likeness (QED) is 0.617. The maximum atomic E-state index is 9.54. The Labute approximate surface area is 67.6 Å². The number of hydrogen-bond acceptors (Lipinski definition) is 3. The molecule has 3 heteroatoms. The van der Waals surface area contributed by atoms with Crippen LogP contribution in [0.15, 0.2) is 0 Å². The fraction of sp³-hybridized carbons (Fsp3) is 1.00. The molecule has 0 aromatic heterocycles. The van der Waals surface area contributed by atoms with E-state index in [2.05, 4.69) is 6.92 Å². The van der Waals surface area contributed by atoms with Crippen molar-refractivity contribution in [3.63, 3.8) is 0 Å². The number of rotatable bonds is 3. The Morgan fingerprint density at radius 3 is 2.64 bits per heavy atom. The van der Waals surface area contributed by atoms with Crippen molar-refractivity contribution in [3.05, 3.63) is 0 Å². The van der Waals surface area contributed by atoms with E-state index in [9.17, 15) is 5.11 Å². The molecule has 2 N–H and O–H groups in total. The van der Waals surface area contributed by atoms with Crippen LogP contribution < -0.4 is 0 Å². The molecule has 66 valence electrons. The third-order valence-corrected chi connectivity index (χ3v) is 2.45. The zero-order chi connectivity index (χ0) is 8.48. The molecule has 1 saturated heterocycles. The second kappa shape index (κ2) is 3.09. The number of aliphatic hydroxyl groups excluding tert-OH is 1. The van der Waals surface area contributed by atoms with Crippen molar-refractivity contribution < 1.29 is 10.2 Å². The molecular weight excluding hydrogens is 142 g/mol. The summed E-state index contributed by atoms with van der Waals surface area (Å²) in [6, 6.07) is 0. The number of aliphatic hydroxyl groups is 2. The summed E-state index contributed by atoms with van der Waals surface area (Å²) in [5.41, 5.74) is -0.963. The predicted molar refractivity (Wildman–Crippen MR) is 43.1 cm³/mol. The lowest BCUT2D eigenvalue weighted by atomic mass is 9.96. The molecule has 0 spiro atoms. The van der Waals surface area contributed by atoms with Crippen LogP contribution in [0.3, 0.4) is 0 Å². The van der Waals surface area contributed by atoms with Gasteiger partial charge in [-0.05, 0) is 13.3 Å². The van der Waals surface area contributed by atoms with E-state index in [1.807, 2.05) is 4.90 Å². The molecule has 1 unspecified atom stereocenters. The van der Waals surface area contributed by atoms with E-state index in [1.54, 1.807) is 6.92 Å². The Balaban J connectivity index is 2.28. The van der Waals surface area contributed by atoms with Gasteiger partial charge in [-0.1, -0.05) is 13.3 Å². The van der Waals surface area contributed by atoms with Crippen LogP contribution in [0.2, 0.25) is 0 Å². The lowest BCUT2D eigenvalue weighted by Crippen LogP contribution is -2.69. The van der Waals surface area contributed by atoms with Gasteiger partial charge in [0.15, 0.2) is 0 Å². The molecule has 0 amide bonds. The summed E-state index contributed by atoms with van der Waals surface area (Å²) in [6.07, 6.45) is 1.66. The first-order chi connectivity index (χ1) is 5.09. The SMILES string of the molecule is CCCCN1C[C@H](O)C1(C)O. The number of hydrogen-bond donors (Lipinski definition) is 2. The molecule has 1 fully saturated rings. The van der Waals surface area contributed by atoms with Gasteiger partial charge in [0.2, 0.25) is 0 Å². The smallest absolute Gasteiger partial charge is 0.143 e. The largest absolute Gasteiger partial charge is 0.387 e. The summed E-state index contributed by atoms with van der Waals surface area (Å²) in [4.78, 5) is 1.90. The van der Waals surface area contributed by atoms with Crippen LogP contribution in [0.5, 0.6) is 0 Å². The second-order valence-electron chi connectivity index (χ2n) is 3.41.